The highest BCUT2D eigenvalue weighted by molar-refractivity contribution is 6.03. The summed E-state index contributed by atoms with van der Waals surface area (Å²) in [5.74, 6) is -0.799. The predicted molar refractivity (Wildman–Crippen MR) is 168 cm³/mol. The molecule has 1 unspecified atom stereocenters. The van der Waals surface area contributed by atoms with Gasteiger partial charge < -0.3 is 31.5 Å². The topological polar surface area (TPSA) is 148 Å². The molecule has 0 bridgehead atoms. The number of carbonyl (C=O) groups excluding carboxylic acids is 3. The first-order valence-corrected chi connectivity index (χ1v) is 14.9. The summed E-state index contributed by atoms with van der Waals surface area (Å²) in [5.41, 5.74) is 14.0. The van der Waals surface area contributed by atoms with Crippen LogP contribution in [0.4, 0.5) is 0 Å². The Labute approximate surface area is 255 Å². The summed E-state index contributed by atoms with van der Waals surface area (Å²) in [5, 5.41) is 14.4. The van der Waals surface area contributed by atoms with Crippen LogP contribution in [0.25, 0.3) is 0 Å². The second-order valence-electron chi connectivity index (χ2n) is 11.4. The molecule has 9 heteroatoms. The number of carbonyl (C=O) groups is 3. The molecule has 0 saturated heterocycles. The number of rotatable bonds is 15. The summed E-state index contributed by atoms with van der Waals surface area (Å²) in [6.07, 6.45) is 3.66. The van der Waals surface area contributed by atoms with Gasteiger partial charge in [-0.1, -0.05) is 61.9 Å². The van der Waals surface area contributed by atoms with Gasteiger partial charge in [-0.05, 0) is 68.4 Å². The van der Waals surface area contributed by atoms with Crippen molar-refractivity contribution in [3.8, 4) is 5.75 Å². The number of nitrogens with two attached hydrogens (primary N) is 2. The number of benzene rings is 2. The van der Waals surface area contributed by atoms with E-state index in [2.05, 4.69) is 5.32 Å². The third-order valence-corrected chi connectivity index (χ3v) is 7.76. The van der Waals surface area contributed by atoms with Gasteiger partial charge in [0, 0.05) is 36.8 Å². The summed E-state index contributed by atoms with van der Waals surface area (Å²) in [6.45, 7) is 7.21. The molecule has 43 heavy (non-hydrogen) atoms. The number of ether oxygens (including phenoxy) is 1. The van der Waals surface area contributed by atoms with Crippen molar-refractivity contribution in [1.82, 2.24) is 10.2 Å². The molecule has 2 aromatic carbocycles. The average Bonchev–Trinajstić information content (AvgIpc) is 2.99. The fourth-order valence-electron chi connectivity index (χ4n) is 5.59. The molecular weight excluding hydrogens is 544 g/mol. The molecule has 6 N–H and O–H groups in total. The van der Waals surface area contributed by atoms with Gasteiger partial charge in [0.25, 0.3) is 0 Å². The van der Waals surface area contributed by atoms with Gasteiger partial charge in [0.15, 0.2) is 0 Å². The zero-order valence-electron chi connectivity index (χ0n) is 25.8. The van der Waals surface area contributed by atoms with Gasteiger partial charge in [-0.2, -0.15) is 0 Å². The van der Waals surface area contributed by atoms with Gasteiger partial charge in [-0.3, -0.25) is 14.4 Å². The molecule has 1 aliphatic rings. The van der Waals surface area contributed by atoms with Crippen LogP contribution in [0.3, 0.4) is 0 Å². The fourth-order valence-corrected chi connectivity index (χ4v) is 5.59. The van der Waals surface area contributed by atoms with Crippen molar-refractivity contribution in [1.29, 1.82) is 0 Å². The van der Waals surface area contributed by atoms with Crippen LogP contribution < -0.4 is 21.5 Å². The van der Waals surface area contributed by atoms with Crippen LogP contribution in [0.15, 0.2) is 71.8 Å². The van der Waals surface area contributed by atoms with Crippen LogP contribution in [0.5, 0.6) is 5.75 Å². The van der Waals surface area contributed by atoms with Crippen molar-refractivity contribution < 1.29 is 24.2 Å². The Bertz CT molecular complexity index is 1350. The molecule has 0 heterocycles. The molecule has 0 aliphatic heterocycles. The Morgan fingerprint density at radius 1 is 1.07 bits per heavy atom. The Kier molecular flexibility index (Phi) is 12.1. The van der Waals surface area contributed by atoms with E-state index in [0.29, 0.717) is 30.8 Å². The number of nitrogens with zero attached hydrogens (tertiary/aromatic N) is 1. The first-order valence-electron chi connectivity index (χ1n) is 14.9. The van der Waals surface area contributed by atoms with Gasteiger partial charge in [-0.15, -0.1) is 0 Å². The Balaban J connectivity index is 1.98. The highest BCUT2D eigenvalue weighted by Gasteiger charge is 2.44. The monoisotopic (exact) mass is 590 g/mol. The van der Waals surface area contributed by atoms with Crippen LogP contribution in [0.2, 0.25) is 0 Å². The molecule has 0 spiro atoms. The van der Waals surface area contributed by atoms with Gasteiger partial charge in [-0.25, -0.2) is 0 Å². The number of nitrogens with one attached hydrogen (secondary N) is 1. The van der Waals surface area contributed by atoms with Crippen LogP contribution in [-0.2, 0) is 27.3 Å². The molecule has 0 radical (unpaired) electrons. The Morgan fingerprint density at radius 3 is 2.37 bits per heavy atom. The molecular formula is C34H46N4O5. The molecule has 232 valence electrons. The van der Waals surface area contributed by atoms with Crippen LogP contribution >= 0.6 is 0 Å². The summed E-state index contributed by atoms with van der Waals surface area (Å²) >= 11 is 0. The van der Waals surface area contributed by atoms with Crippen LogP contribution in [0, 0.1) is 12.3 Å². The van der Waals surface area contributed by atoms with Gasteiger partial charge >= 0.3 is 0 Å². The first-order chi connectivity index (χ1) is 20.5. The van der Waals surface area contributed by atoms with E-state index in [4.69, 9.17) is 16.2 Å². The minimum atomic E-state index is -1.45. The van der Waals surface area contributed by atoms with Crippen molar-refractivity contribution in [2.45, 2.75) is 71.6 Å². The lowest BCUT2D eigenvalue weighted by atomic mass is 9.70. The smallest absolute Gasteiger partial charge is 0.249 e. The second-order valence-corrected chi connectivity index (χ2v) is 11.4. The third kappa shape index (κ3) is 9.02. The van der Waals surface area contributed by atoms with E-state index in [1.807, 2.05) is 69.3 Å². The van der Waals surface area contributed by atoms with Crippen molar-refractivity contribution in [2.75, 3.05) is 20.2 Å². The normalized spacial score (nSPS) is 17.7. The van der Waals surface area contributed by atoms with E-state index in [1.165, 1.54) is 12.2 Å². The minimum absolute atomic E-state index is 0.00922. The number of primary amides is 1. The maximum atomic E-state index is 14.1. The van der Waals surface area contributed by atoms with Crippen molar-refractivity contribution in [2.24, 2.45) is 16.9 Å². The number of hydrogen-bond acceptors (Lipinski definition) is 6. The summed E-state index contributed by atoms with van der Waals surface area (Å²) in [4.78, 5) is 42.1. The molecule has 2 aromatic rings. The van der Waals surface area contributed by atoms with Crippen molar-refractivity contribution in [3.63, 3.8) is 0 Å². The van der Waals surface area contributed by atoms with E-state index in [1.54, 1.807) is 12.0 Å². The highest BCUT2D eigenvalue weighted by atomic mass is 16.5. The van der Waals surface area contributed by atoms with Crippen LogP contribution in [-0.4, -0.2) is 60.1 Å². The minimum Gasteiger partial charge on any atom is -0.497 e. The first kappa shape index (κ1) is 33.6. The van der Waals surface area contributed by atoms with Gasteiger partial charge in [0.05, 0.1) is 18.6 Å². The summed E-state index contributed by atoms with van der Waals surface area (Å²) in [7, 11) is 1.57. The third-order valence-electron chi connectivity index (χ3n) is 7.76. The van der Waals surface area contributed by atoms with E-state index < -0.39 is 29.4 Å². The SMILES string of the molecule is CCCN(CCC)C(=O)C1=CC(C(N)=O)=CC(C[C@@H](O)[C@@H](N)Cc2cccc(C)c2)(C(=O)NCc2cccc(OC)c2)C1. The molecule has 0 saturated carbocycles. The molecule has 9 nitrogen and oxygen atoms in total. The van der Waals surface area contributed by atoms with E-state index in [-0.39, 0.29) is 30.9 Å². The summed E-state index contributed by atoms with van der Waals surface area (Å²) < 4.78 is 5.31. The Hall–Kier alpha value is -3.95. The summed E-state index contributed by atoms with van der Waals surface area (Å²) in [6, 6.07) is 14.5. The largest absolute Gasteiger partial charge is 0.497 e. The standard InChI is InChI=1S/C34H46N4O5/c1-5-13-38(14-6-2)32(41)27-18-26(31(36)40)19-34(20-27,33(42)37-22-25-11-8-12-28(16-25)43-4)21-30(39)29(35)17-24-10-7-9-23(3)15-24/h7-12,15-16,18-19,29-30,39H,5-6,13-14,17,20-22,35H2,1-4H3,(H2,36,40)(H,37,42)/t29-,30+,34?/m0/s1. The van der Waals surface area contributed by atoms with E-state index in [0.717, 1.165) is 29.5 Å². The molecule has 0 aromatic heterocycles. The molecule has 0 fully saturated rings. The van der Waals surface area contributed by atoms with E-state index >= 15 is 0 Å². The fraction of sp³-hybridized carbons (Fsp3) is 0.441. The van der Waals surface area contributed by atoms with Crippen molar-refractivity contribution >= 4 is 17.7 Å². The number of aliphatic hydroxyl groups is 1. The number of methoxy groups -OCH3 is 1. The van der Waals surface area contributed by atoms with Crippen LogP contribution in [0.1, 0.15) is 56.2 Å². The lowest BCUT2D eigenvalue weighted by Crippen LogP contribution is -2.48. The number of aliphatic hydroxyl groups excluding tert-OH is 1. The Morgan fingerprint density at radius 2 is 1.74 bits per heavy atom. The number of amides is 3. The molecule has 1 aliphatic carbocycles. The zero-order valence-corrected chi connectivity index (χ0v) is 25.8. The maximum Gasteiger partial charge on any atom is 0.249 e. The molecule has 3 amide bonds. The number of aryl methyl sites for hydroxylation is 1. The zero-order chi connectivity index (χ0) is 31.6. The lowest BCUT2D eigenvalue weighted by Gasteiger charge is -2.37. The maximum absolute atomic E-state index is 14.1. The quantitative estimate of drug-likeness (QED) is 0.250. The van der Waals surface area contributed by atoms with Gasteiger partial charge in [0.1, 0.15) is 5.75 Å². The molecule has 3 atom stereocenters. The lowest BCUT2D eigenvalue weighted by molar-refractivity contribution is -0.131. The second kappa shape index (κ2) is 15.5. The van der Waals surface area contributed by atoms with Gasteiger partial charge in [0.2, 0.25) is 17.7 Å². The van der Waals surface area contributed by atoms with Crippen molar-refractivity contribution in [3.05, 3.63) is 88.5 Å². The highest BCUT2D eigenvalue weighted by Crippen LogP contribution is 2.40. The average molecular weight is 591 g/mol. The number of hydrogen-bond donors (Lipinski definition) is 4. The predicted octanol–water partition coefficient (Wildman–Crippen LogP) is 3.32. The van der Waals surface area contributed by atoms with E-state index in [9.17, 15) is 19.5 Å². The molecule has 3 rings (SSSR count).